The van der Waals surface area contributed by atoms with E-state index in [0.29, 0.717) is 0 Å². The van der Waals surface area contributed by atoms with Crippen LogP contribution in [-0.2, 0) is 4.79 Å². The fourth-order valence-corrected chi connectivity index (χ4v) is 2.06. The molecule has 0 spiro atoms. The number of carboxylic acid groups (broad SMARTS) is 1. The zero-order chi connectivity index (χ0) is 12.5. The van der Waals surface area contributed by atoms with Crippen molar-refractivity contribution >= 4 is 34.0 Å². The van der Waals surface area contributed by atoms with Crippen molar-refractivity contribution in [1.82, 2.24) is 0 Å². The van der Waals surface area contributed by atoms with Crippen LogP contribution in [-0.4, -0.2) is 11.1 Å². The summed E-state index contributed by atoms with van der Waals surface area (Å²) in [6.07, 6.45) is 2.66. The summed E-state index contributed by atoms with van der Waals surface area (Å²) in [6, 6.07) is 13.5. The predicted octanol–water partition coefficient (Wildman–Crippen LogP) is 3.68. The third-order valence-corrected chi connectivity index (χ3v) is 2.84. The quantitative estimate of drug-likeness (QED) is 0.693. The van der Waals surface area contributed by atoms with Gasteiger partial charge in [-0.15, -0.1) is 0 Å². The number of fused-ring (bicyclic) bond motifs is 3. The maximum absolute atomic E-state index is 10.6. The SMILES string of the molecule is O=C(O)/C=C/c1cccc2c1oc1ccccc12. The summed E-state index contributed by atoms with van der Waals surface area (Å²) in [6.45, 7) is 0. The molecule has 0 aliphatic heterocycles. The third kappa shape index (κ3) is 1.66. The first-order chi connectivity index (χ1) is 8.75. The van der Waals surface area contributed by atoms with Crippen molar-refractivity contribution in [2.24, 2.45) is 0 Å². The lowest BCUT2D eigenvalue weighted by molar-refractivity contribution is -0.131. The highest BCUT2D eigenvalue weighted by Crippen LogP contribution is 2.31. The maximum atomic E-state index is 10.6. The Bertz CT molecular complexity index is 766. The topological polar surface area (TPSA) is 50.4 Å². The molecule has 1 N–H and O–H groups in total. The molecule has 3 aromatic rings. The largest absolute Gasteiger partial charge is 0.478 e. The van der Waals surface area contributed by atoms with E-state index in [4.69, 9.17) is 9.52 Å². The number of carboxylic acids is 1. The molecule has 0 aliphatic carbocycles. The van der Waals surface area contributed by atoms with Gasteiger partial charge in [0.25, 0.3) is 0 Å². The average Bonchev–Trinajstić information content (AvgIpc) is 2.75. The molecule has 0 saturated carbocycles. The molecule has 0 unspecified atom stereocenters. The van der Waals surface area contributed by atoms with E-state index in [9.17, 15) is 4.79 Å². The van der Waals surface area contributed by atoms with E-state index < -0.39 is 5.97 Å². The Labute approximate surface area is 103 Å². The molecule has 2 aromatic carbocycles. The minimum absolute atomic E-state index is 0.719. The van der Waals surface area contributed by atoms with Crippen LogP contribution in [0.25, 0.3) is 28.0 Å². The third-order valence-electron chi connectivity index (χ3n) is 2.84. The molecule has 0 fully saturated rings. The van der Waals surface area contributed by atoms with E-state index in [1.807, 2.05) is 42.5 Å². The second kappa shape index (κ2) is 4.04. The Morgan fingerprint density at radius 1 is 1.06 bits per heavy atom. The summed E-state index contributed by atoms with van der Waals surface area (Å²) in [4.78, 5) is 10.6. The van der Waals surface area contributed by atoms with Gasteiger partial charge in [0.15, 0.2) is 0 Å². The number of furan rings is 1. The second-order valence-electron chi connectivity index (χ2n) is 3.99. The lowest BCUT2D eigenvalue weighted by atomic mass is 10.1. The van der Waals surface area contributed by atoms with Gasteiger partial charge in [-0.05, 0) is 12.1 Å². The maximum Gasteiger partial charge on any atom is 0.328 e. The molecule has 0 aliphatic rings. The summed E-state index contributed by atoms with van der Waals surface area (Å²) in [5, 5.41) is 10.7. The van der Waals surface area contributed by atoms with E-state index in [2.05, 4.69) is 0 Å². The van der Waals surface area contributed by atoms with E-state index >= 15 is 0 Å². The van der Waals surface area contributed by atoms with Crippen molar-refractivity contribution in [1.29, 1.82) is 0 Å². The summed E-state index contributed by atoms with van der Waals surface area (Å²) in [5.74, 6) is -0.969. The van der Waals surface area contributed by atoms with Gasteiger partial charge in [0.2, 0.25) is 0 Å². The highest BCUT2D eigenvalue weighted by Gasteiger charge is 2.08. The molecule has 3 heteroatoms. The van der Waals surface area contributed by atoms with Crippen LogP contribution >= 0.6 is 0 Å². The molecule has 0 radical (unpaired) electrons. The zero-order valence-electron chi connectivity index (χ0n) is 9.46. The number of para-hydroxylation sites is 2. The fourth-order valence-electron chi connectivity index (χ4n) is 2.06. The summed E-state index contributed by atoms with van der Waals surface area (Å²) >= 11 is 0. The van der Waals surface area contributed by atoms with Crippen LogP contribution in [0.15, 0.2) is 53.0 Å². The van der Waals surface area contributed by atoms with Gasteiger partial charge in [-0.3, -0.25) is 0 Å². The van der Waals surface area contributed by atoms with Crippen molar-refractivity contribution < 1.29 is 14.3 Å². The highest BCUT2D eigenvalue weighted by molar-refractivity contribution is 6.07. The molecule has 0 saturated heterocycles. The van der Waals surface area contributed by atoms with Gasteiger partial charge < -0.3 is 9.52 Å². The van der Waals surface area contributed by atoms with Crippen LogP contribution in [0.2, 0.25) is 0 Å². The number of hydrogen-bond acceptors (Lipinski definition) is 2. The van der Waals surface area contributed by atoms with Crippen LogP contribution in [0.3, 0.4) is 0 Å². The average molecular weight is 238 g/mol. The number of benzene rings is 2. The number of carbonyl (C=O) groups is 1. The van der Waals surface area contributed by atoms with E-state index in [1.165, 1.54) is 0 Å². The molecule has 0 atom stereocenters. The molecule has 0 bridgehead atoms. The van der Waals surface area contributed by atoms with Crippen molar-refractivity contribution in [3.8, 4) is 0 Å². The predicted molar refractivity (Wildman–Crippen MR) is 70.4 cm³/mol. The van der Waals surface area contributed by atoms with Crippen LogP contribution in [0, 0.1) is 0 Å². The van der Waals surface area contributed by atoms with Crippen molar-refractivity contribution in [3.63, 3.8) is 0 Å². The number of aliphatic carboxylic acids is 1. The number of rotatable bonds is 2. The zero-order valence-corrected chi connectivity index (χ0v) is 9.46. The normalized spacial score (nSPS) is 11.6. The Kier molecular flexibility index (Phi) is 2.38. The number of hydrogen-bond donors (Lipinski definition) is 1. The Morgan fingerprint density at radius 2 is 1.83 bits per heavy atom. The van der Waals surface area contributed by atoms with Crippen molar-refractivity contribution in [2.75, 3.05) is 0 Å². The van der Waals surface area contributed by atoms with Gasteiger partial charge in [-0.1, -0.05) is 36.4 Å². The first-order valence-electron chi connectivity index (χ1n) is 5.57. The van der Waals surface area contributed by atoms with E-state index in [-0.39, 0.29) is 0 Å². The molecule has 3 nitrogen and oxygen atoms in total. The lowest BCUT2D eigenvalue weighted by Gasteiger charge is -1.94. The first-order valence-corrected chi connectivity index (χ1v) is 5.57. The molecular formula is C15H10O3. The van der Waals surface area contributed by atoms with Crippen LogP contribution in [0.4, 0.5) is 0 Å². The van der Waals surface area contributed by atoms with Gasteiger partial charge in [0.05, 0.1) is 0 Å². The molecule has 3 rings (SSSR count). The monoisotopic (exact) mass is 238 g/mol. The highest BCUT2D eigenvalue weighted by atomic mass is 16.4. The minimum Gasteiger partial charge on any atom is -0.478 e. The van der Waals surface area contributed by atoms with Gasteiger partial charge in [0, 0.05) is 22.4 Å². The summed E-state index contributed by atoms with van der Waals surface area (Å²) in [7, 11) is 0. The van der Waals surface area contributed by atoms with Gasteiger partial charge in [-0.25, -0.2) is 4.79 Å². The van der Waals surface area contributed by atoms with Crippen LogP contribution in [0.5, 0.6) is 0 Å². The molecular weight excluding hydrogens is 228 g/mol. The van der Waals surface area contributed by atoms with Crippen molar-refractivity contribution in [2.45, 2.75) is 0 Å². The molecule has 0 amide bonds. The second-order valence-corrected chi connectivity index (χ2v) is 3.99. The molecule has 88 valence electrons. The van der Waals surface area contributed by atoms with Crippen LogP contribution in [0.1, 0.15) is 5.56 Å². The smallest absolute Gasteiger partial charge is 0.328 e. The standard InChI is InChI=1S/C15H10O3/c16-14(17)9-8-10-4-3-6-12-11-5-1-2-7-13(11)18-15(10)12/h1-9H,(H,16,17)/b9-8+. The first kappa shape index (κ1) is 10.6. The van der Waals surface area contributed by atoms with Crippen molar-refractivity contribution in [3.05, 3.63) is 54.1 Å². The lowest BCUT2D eigenvalue weighted by Crippen LogP contribution is -1.85. The van der Waals surface area contributed by atoms with Gasteiger partial charge in [-0.2, -0.15) is 0 Å². The van der Waals surface area contributed by atoms with Crippen LogP contribution < -0.4 is 0 Å². The molecule has 1 aromatic heterocycles. The Hall–Kier alpha value is -2.55. The van der Waals surface area contributed by atoms with Gasteiger partial charge >= 0.3 is 5.97 Å². The van der Waals surface area contributed by atoms with Gasteiger partial charge in [0.1, 0.15) is 11.2 Å². The summed E-state index contributed by atoms with van der Waals surface area (Å²) < 4.78 is 5.77. The minimum atomic E-state index is -0.969. The molecule has 1 heterocycles. The fraction of sp³-hybridized carbons (Fsp3) is 0. The summed E-state index contributed by atoms with van der Waals surface area (Å²) in [5.41, 5.74) is 2.30. The Morgan fingerprint density at radius 3 is 2.67 bits per heavy atom. The molecule has 18 heavy (non-hydrogen) atoms. The Balaban J connectivity index is 2.31. The van der Waals surface area contributed by atoms with E-state index in [0.717, 1.165) is 33.6 Å². The van der Waals surface area contributed by atoms with E-state index in [1.54, 1.807) is 6.08 Å².